The van der Waals surface area contributed by atoms with Gasteiger partial charge in [0.25, 0.3) is 5.91 Å². The standard InChI is InChI=1S/C57H60N8O6S/c1-34-40(41-21-23-50(59-53(41)56(69)70)65-31-27-37-9-5-11-42(45(37)33-65)54(67)61-57-58-46-12-3-4-14-49(46)72-57)10-6-13-48(34)71-39-18-15-35(16-19-39)8-7-28-64-29-25-36(26-30-64)38-17-20-43-47(32-38)63(2)62-52(43)44-22-24-51(66)60-55(44)68/h3-6,9-14,17,20-21,23,32,35-36,39,44H,7-8,15-16,18-19,22,24-31,33H2,1-2H3,(H,69,70)(H,58,61,67)(H,60,66,68)/t35-,39-,44?. The van der Waals surface area contributed by atoms with E-state index in [9.17, 15) is 24.3 Å². The number of anilines is 2. The summed E-state index contributed by atoms with van der Waals surface area (Å²) >= 11 is 1.44. The number of aromatic nitrogens is 4. The highest BCUT2D eigenvalue weighted by molar-refractivity contribution is 7.22. The van der Waals surface area contributed by atoms with Crippen LogP contribution in [0.3, 0.4) is 0 Å². The number of carboxylic acid groups (broad SMARTS) is 1. The molecule has 72 heavy (non-hydrogen) atoms. The molecule has 11 rings (SSSR count). The number of nitrogens with zero attached hydrogens (tertiary/aromatic N) is 6. The van der Waals surface area contributed by atoms with Crippen LogP contribution in [0, 0.1) is 12.8 Å². The number of para-hydroxylation sites is 1. The first-order valence-corrected chi connectivity index (χ1v) is 26.4. The summed E-state index contributed by atoms with van der Waals surface area (Å²) in [6.45, 7) is 6.36. The van der Waals surface area contributed by atoms with E-state index < -0.39 is 11.9 Å². The molecule has 1 aliphatic carbocycles. The molecule has 7 aromatic rings. The maximum Gasteiger partial charge on any atom is 0.355 e. The number of amides is 3. The molecule has 14 nitrogen and oxygen atoms in total. The Labute approximate surface area is 422 Å². The van der Waals surface area contributed by atoms with Gasteiger partial charge in [-0.15, -0.1) is 0 Å². The van der Waals surface area contributed by atoms with Crippen molar-refractivity contribution >= 4 is 67.1 Å². The molecule has 4 aromatic carbocycles. The van der Waals surface area contributed by atoms with E-state index in [1.165, 1.54) is 29.7 Å². The van der Waals surface area contributed by atoms with Crippen LogP contribution in [0.25, 0.3) is 32.2 Å². The third-order valence-electron chi connectivity index (χ3n) is 15.7. The number of carboxylic acids is 1. The quantitative estimate of drug-likeness (QED) is 0.0939. The summed E-state index contributed by atoms with van der Waals surface area (Å²) in [7, 11) is 1.94. The molecule has 2 saturated heterocycles. The maximum atomic E-state index is 13.7. The van der Waals surface area contributed by atoms with Gasteiger partial charge < -0.3 is 19.6 Å². The molecular formula is C57H60N8O6S. The Morgan fingerprint density at radius 1 is 0.861 bits per heavy atom. The second kappa shape index (κ2) is 20.3. The van der Waals surface area contributed by atoms with Gasteiger partial charge in [-0.05, 0) is 173 Å². The summed E-state index contributed by atoms with van der Waals surface area (Å²) in [5, 5.41) is 22.3. The van der Waals surface area contributed by atoms with Crippen molar-refractivity contribution in [1.82, 2.24) is 30.0 Å². The number of hydrogen-bond donors (Lipinski definition) is 3. The number of aryl methyl sites for hydroxylation is 1. The number of fused-ring (bicyclic) bond motifs is 3. The number of pyridine rings is 1. The highest BCUT2D eigenvalue weighted by Crippen LogP contribution is 2.39. The maximum absolute atomic E-state index is 13.7. The van der Waals surface area contributed by atoms with Gasteiger partial charge in [0.15, 0.2) is 10.8 Å². The molecule has 370 valence electrons. The summed E-state index contributed by atoms with van der Waals surface area (Å²) < 4.78 is 9.58. The largest absolute Gasteiger partial charge is 0.490 e. The second-order valence-electron chi connectivity index (χ2n) is 20.2. The van der Waals surface area contributed by atoms with E-state index in [1.807, 2.05) is 85.4 Å². The van der Waals surface area contributed by atoms with Gasteiger partial charge in [0.05, 0.1) is 33.4 Å². The van der Waals surface area contributed by atoms with Crippen LogP contribution in [0.15, 0.2) is 91.0 Å². The second-order valence-corrected chi connectivity index (χ2v) is 21.2. The average molecular weight is 985 g/mol. The lowest BCUT2D eigenvalue weighted by Gasteiger charge is -2.33. The molecule has 0 radical (unpaired) electrons. The van der Waals surface area contributed by atoms with Gasteiger partial charge in [0.2, 0.25) is 11.8 Å². The van der Waals surface area contributed by atoms with Gasteiger partial charge >= 0.3 is 5.97 Å². The van der Waals surface area contributed by atoms with Crippen molar-refractivity contribution in [3.63, 3.8) is 0 Å². The van der Waals surface area contributed by atoms with Crippen molar-refractivity contribution in [1.29, 1.82) is 0 Å². The number of carbonyl (C=O) groups excluding carboxylic acids is 3. The Morgan fingerprint density at radius 2 is 1.68 bits per heavy atom. The number of benzene rings is 4. The zero-order valence-corrected chi connectivity index (χ0v) is 41.7. The van der Waals surface area contributed by atoms with Crippen molar-refractivity contribution in [3.05, 3.63) is 130 Å². The Kier molecular flexibility index (Phi) is 13.3. The van der Waals surface area contributed by atoms with Crippen LogP contribution in [0.2, 0.25) is 0 Å². The van der Waals surface area contributed by atoms with E-state index in [0.717, 1.165) is 113 Å². The Bertz CT molecular complexity index is 3190. The summed E-state index contributed by atoms with van der Waals surface area (Å²) in [4.78, 5) is 64.9. The van der Waals surface area contributed by atoms with Crippen LogP contribution in [0.4, 0.5) is 10.9 Å². The fourth-order valence-electron chi connectivity index (χ4n) is 11.7. The van der Waals surface area contributed by atoms with E-state index >= 15 is 0 Å². The van der Waals surface area contributed by atoms with Crippen molar-refractivity contribution in [2.24, 2.45) is 13.0 Å². The summed E-state index contributed by atoms with van der Waals surface area (Å²) in [5.74, 6) is 0.333. The molecule has 1 unspecified atom stereocenters. The fourth-order valence-corrected chi connectivity index (χ4v) is 12.6. The third-order valence-corrected chi connectivity index (χ3v) is 16.7. The summed E-state index contributed by atoms with van der Waals surface area (Å²) in [6.07, 6.45) is 10.6. The number of aromatic carboxylic acids is 1. The molecule has 3 fully saturated rings. The van der Waals surface area contributed by atoms with Gasteiger partial charge in [-0.3, -0.25) is 29.7 Å². The first-order chi connectivity index (χ1) is 35.0. The number of rotatable bonds is 13. The molecule has 15 heteroatoms. The molecule has 0 spiro atoms. The molecule has 0 bridgehead atoms. The SMILES string of the molecule is Cc1c(O[C@H]2CC[C@H](CCCN3CCC(c4ccc5c(C6CCC(=O)NC6=O)nn(C)c5c4)CC3)CC2)cccc1-c1ccc(N2CCc3cccc(C(=O)Nc4nc5ccccc5s4)c3C2)nc1C(=O)O. The first-order valence-electron chi connectivity index (χ1n) is 25.6. The molecule has 6 heterocycles. The highest BCUT2D eigenvalue weighted by atomic mass is 32.1. The number of hydrogen-bond acceptors (Lipinski definition) is 11. The minimum atomic E-state index is -1.10. The van der Waals surface area contributed by atoms with Gasteiger partial charge in [-0.2, -0.15) is 5.10 Å². The van der Waals surface area contributed by atoms with E-state index in [0.29, 0.717) is 66.3 Å². The molecule has 1 saturated carbocycles. The number of likely N-dealkylation sites (tertiary alicyclic amines) is 1. The third kappa shape index (κ3) is 9.71. The Balaban J connectivity index is 0.664. The lowest BCUT2D eigenvalue weighted by molar-refractivity contribution is -0.134. The Hall–Kier alpha value is -6.97. The van der Waals surface area contributed by atoms with Gasteiger partial charge in [0.1, 0.15) is 11.6 Å². The number of ether oxygens (including phenoxy) is 1. The average Bonchev–Trinajstić information content (AvgIpc) is 3.96. The number of nitrogens with one attached hydrogen (secondary N) is 2. The van der Waals surface area contributed by atoms with Gasteiger partial charge in [-0.25, -0.2) is 14.8 Å². The molecule has 3 amide bonds. The van der Waals surface area contributed by atoms with Crippen molar-refractivity contribution in [2.45, 2.75) is 102 Å². The molecule has 3 N–H and O–H groups in total. The van der Waals surface area contributed by atoms with Crippen molar-refractivity contribution in [2.75, 3.05) is 36.4 Å². The van der Waals surface area contributed by atoms with Crippen molar-refractivity contribution in [3.8, 4) is 16.9 Å². The van der Waals surface area contributed by atoms with Crippen LogP contribution in [-0.4, -0.2) is 85.7 Å². The first kappa shape index (κ1) is 47.4. The number of imide groups is 1. The van der Waals surface area contributed by atoms with E-state index in [-0.39, 0.29) is 29.5 Å². The van der Waals surface area contributed by atoms with E-state index in [4.69, 9.17) is 14.8 Å². The molecule has 3 aliphatic heterocycles. The van der Waals surface area contributed by atoms with Gasteiger partial charge in [-0.1, -0.05) is 59.9 Å². The van der Waals surface area contributed by atoms with Crippen LogP contribution in [-0.2, 0) is 29.6 Å². The zero-order chi connectivity index (χ0) is 49.5. The number of thiazole rings is 1. The summed E-state index contributed by atoms with van der Waals surface area (Å²) in [6, 6.07) is 29.8. The smallest absolute Gasteiger partial charge is 0.355 e. The zero-order valence-electron chi connectivity index (χ0n) is 40.9. The predicted octanol–water partition coefficient (Wildman–Crippen LogP) is 10.2. The minimum Gasteiger partial charge on any atom is -0.490 e. The molecule has 1 atom stereocenters. The van der Waals surface area contributed by atoms with Gasteiger partial charge in [0, 0.05) is 43.1 Å². The van der Waals surface area contributed by atoms with Crippen LogP contribution < -0.4 is 20.3 Å². The molecule has 4 aliphatic rings. The molecule has 3 aromatic heterocycles. The number of carbonyl (C=O) groups is 4. The predicted molar refractivity (Wildman–Crippen MR) is 280 cm³/mol. The fraction of sp³-hybridized carbons (Fsp3) is 0.386. The van der Waals surface area contributed by atoms with E-state index in [1.54, 1.807) is 0 Å². The lowest BCUT2D eigenvalue weighted by atomic mass is 9.84. The van der Waals surface area contributed by atoms with Crippen LogP contribution in [0.5, 0.6) is 5.75 Å². The van der Waals surface area contributed by atoms with Crippen LogP contribution >= 0.6 is 11.3 Å². The number of piperidine rings is 2. The normalized spacial score (nSPS) is 19.9. The van der Waals surface area contributed by atoms with E-state index in [2.05, 4.69) is 49.7 Å². The van der Waals surface area contributed by atoms with Crippen molar-refractivity contribution < 1.29 is 29.0 Å². The van der Waals surface area contributed by atoms with Crippen LogP contribution in [0.1, 0.15) is 125 Å². The monoisotopic (exact) mass is 984 g/mol. The summed E-state index contributed by atoms with van der Waals surface area (Å²) in [5.41, 5.74) is 8.74. The minimum absolute atomic E-state index is 0.0172. The molecular weight excluding hydrogens is 925 g/mol. The Morgan fingerprint density at radius 3 is 2.49 bits per heavy atom. The lowest BCUT2D eigenvalue weighted by Crippen LogP contribution is -2.39. The topological polar surface area (TPSA) is 172 Å². The highest BCUT2D eigenvalue weighted by Gasteiger charge is 2.33.